The van der Waals surface area contributed by atoms with Gasteiger partial charge >= 0.3 is 12.4 Å². The van der Waals surface area contributed by atoms with Crippen LogP contribution >= 0.6 is 22.7 Å². The van der Waals surface area contributed by atoms with E-state index < -0.39 is 23.5 Å². The second-order valence-corrected chi connectivity index (χ2v) is 9.75. The molecule has 180 valence electrons. The first kappa shape index (κ1) is 25.2. The summed E-state index contributed by atoms with van der Waals surface area (Å²) in [5.74, 6) is 0. The van der Waals surface area contributed by atoms with Gasteiger partial charge in [-0.3, -0.25) is 0 Å². The van der Waals surface area contributed by atoms with E-state index in [9.17, 15) is 36.9 Å². The molecule has 2 heterocycles. The van der Waals surface area contributed by atoms with Gasteiger partial charge in [0.15, 0.2) is 0 Å². The maximum atomic E-state index is 12.8. The minimum atomic E-state index is -4.46. The Morgan fingerprint density at radius 2 is 0.944 bits per heavy atom. The molecule has 0 atom stereocenters. The van der Waals surface area contributed by atoms with Gasteiger partial charge in [-0.1, -0.05) is 24.3 Å². The molecule has 0 aliphatic heterocycles. The first-order chi connectivity index (χ1) is 17.0. The fraction of sp³-hybridized carbons (Fsp3) is 0.0769. The van der Waals surface area contributed by atoms with E-state index in [1.54, 1.807) is 12.2 Å². The van der Waals surface area contributed by atoms with Gasteiger partial charge in [0.2, 0.25) is 0 Å². The number of halogens is 6. The summed E-state index contributed by atoms with van der Waals surface area (Å²) >= 11 is 2.73. The first-order valence-corrected chi connectivity index (χ1v) is 11.7. The number of rotatable bonds is 4. The zero-order valence-corrected chi connectivity index (χ0v) is 19.5. The molecule has 0 saturated carbocycles. The maximum Gasteiger partial charge on any atom is 0.416 e. The van der Waals surface area contributed by atoms with Crippen molar-refractivity contribution < 1.29 is 26.3 Å². The standard InChI is InChI=1S/C26H12F6N2S2/c27-25(28,29)19-5-1-15(2-6-19)17(13-33)9-21-11-23-24(35-21)12-22(36-23)10-18(14-34)16-3-7-20(8-4-16)26(30,31)32/h1-12H/b17-9+,18-10+. The molecule has 0 aliphatic carbocycles. The molecule has 10 heteroatoms. The number of benzene rings is 2. The SMILES string of the molecule is N#C/C(=C\c1cc2sc(/C=C(\C#N)c3ccc(C(F)(F)F)cc3)cc2s1)c1ccc(C(F)(F)F)cc1. The van der Waals surface area contributed by atoms with Crippen LogP contribution in [-0.2, 0) is 12.4 Å². The van der Waals surface area contributed by atoms with Crippen molar-refractivity contribution in [3.63, 3.8) is 0 Å². The van der Waals surface area contributed by atoms with E-state index in [0.29, 0.717) is 11.1 Å². The summed E-state index contributed by atoms with van der Waals surface area (Å²) in [6.45, 7) is 0. The lowest BCUT2D eigenvalue weighted by molar-refractivity contribution is -0.138. The summed E-state index contributed by atoms with van der Waals surface area (Å²) in [7, 11) is 0. The summed E-state index contributed by atoms with van der Waals surface area (Å²) in [6.07, 6.45) is -5.73. The third kappa shape index (κ3) is 5.51. The molecule has 4 aromatic rings. The lowest BCUT2D eigenvalue weighted by atomic mass is 10.0. The third-order valence-electron chi connectivity index (χ3n) is 5.11. The van der Waals surface area contributed by atoms with Crippen LogP contribution in [0, 0.1) is 22.7 Å². The van der Waals surface area contributed by atoms with E-state index in [-0.39, 0.29) is 11.1 Å². The largest absolute Gasteiger partial charge is 0.416 e. The van der Waals surface area contributed by atoms with Gasteiger partial charge in [0.25, 0.3) is 0 Å². The molecular formula is C26H12F6N2S2. The Kier molecular flexibility index (Phi) is 6.77. The molecule has 0 spiro atoms. The summed E-state index contributed by atoms with van der Waals surface area (Å²) in [6, 6.07) is 16.4. The number of nitriles is 2. The molecule has 0 unspecified atom stereocenters. The molecule has 2 aromatic heterocycles. The summed E-state index contributed by atoms with van der Waals surface area (Å²) in [4.78, 5) is 1.46. The van der Waals surface area contributed by atoms with Gasteiger partial charge in [0.1, 0.15) is 0 Å². The van der Waals surface area contributed by atoms with Gasteiger partial charge in [-0.25, -0.2) is 0 Å². The van der Waals surface area contributed by atoms with Crippen molar-refractivity contribution in [2.75, 3.05) is 0 Å². The van der Waals surface area contributed by atoms with Crippen molar-refractivity contribution in [1.82, 2.24) is 0 Å². The van der Waals surface area contributed by atoms with E-state index >= 15 is 0 Å². The second-order valence-electron chi connectivity index (χ2n) is 7.52. The zero-order valence-electron chi connectivity index (χ0n) is 17.9. The number of hydrogen-bond donors (Lipinski definition) is 0. The highest BCUT2D eigenvalue weighted by atomic mass is 32.1. The van der Waals surface area contributed by atoms with Gasteiger partial charge in [-0.15, -0.1) is 22.7 Å². The monoisotopic (exact) mass is 530 g/mol. The van der Waals surface area contributed by atoms with Gasteiger partial charge in [-0.2, -0.15) is 36.9 Å². The smallest absolute Gasteiger partial charge is 0.192 e. The van der Waals surface area contributed by atoms with Crippen LogP contribution in [0.3, 0.4) is 0 Å². The van der Waals surface area contributed by atoms with Crippen molar-refractivity contribution in [1.29, 1.82) is 10.5 Å². The van der Waals surface area contributed by atoms with E-state index in [2.05, 4.69) is 0 Å². The summed E-state index contributed by atoms with van der Waals surface area (Å²) in [5, 5.41) is 19.0. The quantitative estimate of drug-likeness (QED) is 0.195. The van der Waals surface area contributed by atoms with Crippen LogP contribution < -0.4 is 0 Å². The lowest BCUT2D eigenvalue weighted by Gasteiger charge is -2.07. The van der Waals surface area contributed by atoms with Gasteiger partial charge in [0, 0.05) is 19.2 Å². The van der Waals surface area contributed by atoms with E-state index in [1.807, 2.05) is 24.3 Å². The number of alkyl halides is 6. The number of thiophene rings is 2. The topological polar surface area (TPSA) is 47.6 Å². The number of fused-ring (bicyclic) bond motifs is 1. The Balaban J connectivity index is 1.59. The fourth-order valence-corrected chi connectivity index (χ4v) is 5.64. The van der Waals surface area contributed by atoms with Crippen molar-refractivity contribution in [3.05, 3.63) is 92.7 Å². The molecule has 0 saturated heterocycles. The van der Waals surface area contributed by atoms with Crippen molar-refractivity contribution in [3.8, 4) is 12.1 Å². The summed E-state index contributed by atoms with van der Waals surface area (Å²) in [5.41, 5.74) is -0.441. The number of allylic oxidation sites excluding steroid dienone is 2. The first-order valence-electron chi connectivity index (χ1n) is 10.1. The Morgan fingerprint density at radius 1 is 0.611 bits per heavy atom. The highest BCUT2D eigenvalue weighted by Gasteiger charge is 2.30. The molecule has 0 bridgehead atoms. The molecule has 2 aromatic carbocycles. The molecule has 0 N–H and O–H groups in total. The van der Waals surface area contributed by atoms with Crippen molar-refractivity contribution >= 4 is 55.4 Å². The van der Waals surface area contributed by atoms with Crippen LogP contribution in [0.25, 0.3) is 32.7 Å². The Bertz CT molecular complexity index is 1410. The molecule has 4 rings (SSSR count). The highest BCUT2D eigenvalue weighted by molar-refractivity contribution is 7.28. The third-order valence-corrected chi connectivity index (χ3v) is 7.29. The predicted octanol–water partition coefficient (Wildman–Crippen LogP) is 9.13. The van der Waals surface area contributed by atoms with E-state index in [0.717, 1.165) is 43.4 Å². The van der Waals surface area contributed by atoms with Crippen LogP contribution in [-0.4, -0.2) is 0 Å². The Hall–Kier alpha value is -3.86. The molecule has 0 amide bonds. The van der Waals surface area contributed by atoms with E-state index in [4.69, 9.17) is 0 Å². The van der Waals surface area contributed by atoms with Crippen molar-refractivity contribution in [2.24, 2.45) is 0 Å². The average Bonchev–Trinajstić information content (AvgIpc) is 3.38. The Morgan fingerprint density at radius 3 is 1.22 bits per heavy atom. The van der Waals surface area contributed by atoms with Crippen LogP contribution in [0.5, 0.6) is 0 Å². The molecule has 2 nitrogen and oxygen atoms in total. The zero-order chi connectivity index (χ0) is 26.1. The number of nitrogens with zero attached hydrogens (tertiary/aromatic N) is 2. The fourth-order valence-electron chi connectivity index (χ4n) is 3.34. The molecular weight excluding hydrogens is 518 g/mol. The Labute approximate surface area is 209 Å². The second kappa shape index (κ2) is 9.65. The molecule has 36 heavy (non-hydrogen) atoms. The van der Waals surface area contributed by atoms with Crippen LogP contribution in [0.15, 0.2) is 60.7 Å². The van der Waals surface area contributed by atoms with Gasteiger partial charge in [-0.05, 0) is 59.7 Å². The van der Waals surface area contributed by atoms with E-state index in [1.165, 1.54) is 46.9 Å². The van der Waals surface area contributed by atoms with Crippen LogP contribution in [0.2, 0.25) is 0 Å². The summed E-state index contributed by atoms with van der Waals surface area (Å²) < 4.78 is 78.4. The van der Waals surface area contributed by atoms with Gasteiger partial charge < -0.3 is 0 Å². The van der Waals surface area contributed by atoms with Crippen LogP contribution in [0.4, 0.5) is 26.3 Å². The predicted molar refractivity (Wildman–Crippen MR) is 130 cm³/mol. The van der Waals surface area contributed by atoms with Gasteiger partial charge in [0.05, 0.1) is 34.4 Å². The highest BCUT2D eigenvalue weighted by Crippen LogP contribution is 2.37. The number of hydrogen-bond acceptors (Lipinski definition) is 4. The molecule has 0 aliphatic rings. The molecule has 0 radical (unpaired) electrons. The van der Waals surface area contributed by atoms with Crippen LogP contribution in [0.1, 0.15) is 32.0 Å². The van der Waals surface area contributed by atoms with Crippen molar-refractivity contribution in [2.45, 2.75) is 12.4 Å². The lowest BCUT2D eigenvalue weighted by Crippen LogP contribution is -2.04. The maximum absolute atomic E-state index is 12.8. The molecule has 0 fully saturated rings. The normalized spacial score (nSPS) is 13.0. The average molecular weight is 531 g/mol. The minimum Gasteiger partial charge on any atom is -0.192 e. The minimum absolute atomic E-state index is 0.215.